The Balaban J connectivity index is 0.925. The van der Waals surface area contributed by atoms with Gasteiger partial charge in [-0.3, -0.25) is 4.98 Å². The predicted molar refractivity (Wildman–Crippen MR) is 309 cm³/mol. The van der Waals surface area contributed by atoms with Crippen molar-refractivity contribution in [1.82, 2.24) is 19.9 Å². The average molecular weight is 951 g/mol. The Morgan fingerprint density at radius 2 is 1.19 bits per heavy atom. The number of hydrogen-bond acceptors (Lipinski definition) is 4. The van der Waals surface area contributed by atoms with Gasteiger partial charge in [-0.2, -0.15) is 0 Å². The molecule has 0 fully saturated rings. The molecule has 2 unspecified atom stereocenters. The van der Waals surface area contributed by atoms with E-state index in [1.165, 1.54) is 61.7 Å². The SMILES string of the molecule is C1=CC(c2cc(-c3ccc(-c4nc(C5=CCC(c6cc(-c7ccccc7)c7ccccc7n6)C=C5)c5cc(-c6ccc7c(c6)CCC=C7)cc(-c6ccc7c(c6)C=CCC7)c5n4)cc3)nc3ccccc23)CCC1. The van der Waals surface area contributed by atoms with Crippen LogP contribution in [-0.2, 0) is 12.8 Å². The summed E-state index contributed by atoms with van der Waals surface area (Å²) >= 11 is 0. The van der Waals surface area contributed by atoms with Crippen molar-refractivity contribution in [3.8, 4) is 56.0 Å². The van der Waals surface area contributed by atoms with E-state index in [0.717, 1.165) is 117 Å². The highest BCUT2D eigenvalue weighted by molar-refractivity contribution is 6.04. The van der Waals surface area contributed by atoms with E-state index in [2.05, 4.69) is 218 Å². The number of fused-ring (bicyclic) bond motifs is 5. The van der Waals surface area contributed by atoms with Gasteiger partial charge in [-0.15, -0.1) is 0 Å². The maximum absolute atomic E-state index is 5.63. The number of benzene rings is 7. The molecule has 0 N–H and O–H groups in total. The number of aryl methyl sites for hydroxylation is 2. The number of allylic oxidation sites excluding steroid dienone is 8. The number of aromatic nitrogens is 4. The lowest BCUT2D eigenvalue weighted by Crippen LogP contribution is -2.05. The van der Waals surface area contributed by atoms with E-state index < -0.39 is 0 Å². The summed E-state index contributed by atoms with van der Waals surface area (Å²) in [4.78, 5) is 21.8. The summed E-state index contributed by atoms with van der Waals surface area (Å²) in [5.41, 5.74) is 22.9. The van der Waals surface area contributed by atoms with Gasteiger partial charge in [-0.1, -0.05) is 176 Å². The van der Waals surface area contributed by atoms with Crippen LogP contribution in [0.2, 0.25) is 0 Å². The molecule has 0 saturated heterocycles. The minimum atomic E-state index is 0.100. The van der Waals surface area contributed by atoms with Gasteiger partial charge in [-0.05, 0) is 155 Å². The largest absolute Gasteiger partial charge is 0.252 e. The fourth-order valence-corrected chi connectivity index (χ4v) is 12.0. The third-order valence-electron chi connectivity index (χ3n) is 15.9. The highest BCUT2D eigenvalue weighted by Crippen LogP contribution is 2.43. The highest BCUT2D eigenvalue weighted by atomic mass is 14.9. The van der Waals surface area contributed by atoms with Crippen molar-refractivity contribution >= 4 is 50.4 Å². The van der Waals surface area contributed by atoms with Gasteiger partial charge in [0.1, 0.15) is 0 Å². The van der Waals surface area contributed by atoms with Crippen LogP contribution in [0.15, 0.2) is 206 Å². The summed E-state index contributed by atoms with van der Waals surface area (Å²) in [6.07, 6.45) is 29.4. The molecule has 0 bridgehead atoms. The van der Waals surface area contributed by atoms with E-state index in [4.69, 9.17) is 19.9 Å². The minimum absolute atomic E-state index is 0.100. The molecular weight excluding hydrogens is 897 g/mol. The predicted octanol–water partition coefficient (Wildman–Crippen LogP) is 17.9. The van der Waals surface area contributed by atoms with Crippen LogP contribution < -0.4 is 0 Å². The smallest absolute Gasteiger partial charge is 0.160 e. The maximum Gasteiger partial charge on any atom is 0.160 e. The van der Waals surface area contributed by atoms with Crippen LogP contribution in [0.25, 0.3) is 106 Å². The molecule has 0 spiro atoms. The third kappa shape index (κ3) is 8.21. The molecule has 4 heteroatoms. The second-order valence-electron chi connectivity index (χ2n) is 20.5. The van der Waals surface area contributed by atoms with E-state index in [-0.39, 0.29) is 5.92 Å². The molecule has 10 aromatic rings. The first-order valence-electron chi connectivity index (χ1n) is 26.6. The standard InChI is InChI=1S/C70H54N4/c1-3-17-47(18-4-1)60-43-66(71-64-25-13-11-23-58(60)64)49-29-33-51(34-30-49)68-63-42-57(55-37-27-45-15-7-9-21-53(45)39-55)41-62(56-38-28-46-16-8-10-22-54(46)40-56)69(63)74-70(73-68)52-35-31-50(32-36-52)67-44-61(48-19-5-2-6-20-48)59-24-12-14-26-65(59)72-67/h1,3-5,7,10-15,17-19,22-29,31-44,48-49H,2,6,8-9,16,20-21,30H2. The quantitative estimate of drug-likeness (QED) is 0.142. The molecule has 4 aliphatic carbocycles. The van der Waals surface area contributed by atoms with E-state index in [0.29, 0.717) is 11.7 Å². The second kappa shape index (κ2) is 18.8. The molecular formula is C70H54N4. The van der Waals surface area contributed by atoms with E-state index >= 15 is 0 Å². The molecule has 354 valence electrons. The van der Waals surface area contributed by atoms with Crippen LogP contribution in [0, 0.1) is 0 Å². The summed E-state index contributed by atoms with van der Waals surface area (Å²) < 4.78 is 0. The van der Waals surface area contributed by atoms with Crippen molar-refractivity contribution < 1.29 is 0 Å². The average Bonchev–Trinajstić information content (AvgIpc) is 3.48. The Morgan fingerprint density at radius 3 is 2.01 bits per heavy atom. The minimum Gasteiger partial charge on any atom is -0.252 e. The second-order valence-corrected chi connectivity index (χ2v) is 20.5. The van der Waals surface area contributed by atoms with Crippen LogP contribution in [0.3, 0.4) is 0 Å². The summed E-state index contributed by atoms with van der Waals surface area (Å²) in [6.45, 7) is 0. The van der Waals surface area contributed by atoms with Crippen molar-refractivity contribution in [2.75, 3.05) is 0 Å². The Labute approximate surface area is 433 Å². The lowest BCUT2D eigenvalue weighted by atomic mass is 9.86. The van der Waals surface area contributed by atoms with Crippen LogP contribution in [0.5, 0.6) is 0 Å². The van der Waals surface area contributed by atoms with Gasteiger partial charge >= 0.3 is 0 Å². The van der Waals surface area contributed by atoms with Crippen molar-refractivity contribution in [3.05, 3.63) is 246 Å². The Kier molecular flexibility index (Phi) is 11.2. The molecule has 0 saturated carbocycles. The molecule has 7 aromatic carbocycles. The first kappa shape index (κ1) is 44.1. The summed E-state index contributed by atoms with van der Waals surface area (Å²) in [7, 11) is 0. The zero-order valence-corrected chi connectivity index (χ0v) is 41.4. The van der Waals surface area contributed by atoms with Crippen molar-refractivity contribution in [2.24, 2.45) is 0 Å². The molecule has 14 rings (SSSR count). The molecule has 2 atom stereocenters. The Hall–Kier alpha value is -8.60. The van der Waals surface area contributed by atoms with E-state index in [1.807, 2.05) is 0 Å². The lowest BCUT2D eigenvalue weighted by molar-refractivity contribution is 0.657. The maximum atomic E-state index is 5.63. The Morgan fingerprint density at radius 1 is 0.432 bits per heavy atom. The summed E-state index contributed by atoms with van der Waals surface area (Å²) in [5, 5.41) is 3.44. The van der Waals surface area contributed by atoms with Gasteiger partial charge in [0.15, 0.2) is 5.82 Å². The normalized spacial score (nSPS) is 16.9. The molecule has 3 aromatic heterocycles. The van der Waals surface area contributed by atoms with Crippen LogP contribution >= 0.6 is 0 Å². The molecule has 4 nitrogen and oxygen atoms in total. The van der Waals surface area contributed by atoms with Gasteiger partial charge in [0, 0.05) is 50.4 Å². The van der Waals surface area contributed by atoms with Gasteiger partial charge < -0.3 is 0 Å². The Bertz CT molecular complexity index is 4020. The number of rotatable bonds is 8. The third-order valence-corrected chi connectivity index (χ3v) is 15.9. The first-order valence-corrected chi connectivity index (χ1v) is 26.6. The van der Waals surface area contributed by atoms with Gasteiger partial charge in [0.05, 0.1) is 27.9 Å². The molecule has 74 heavy (non-hydrogen) atoms. The van der Waals surface area contributed by atoms with Gasteiger partial charge in [0.2, 0.25) is 0 Å². The van der Waals surface area contributed by atoms with Crippen molar-refractivity contribution in [2.45, 2.75) is 63.2 Å². The highest BCUT2D eigenvalue weighted by Gasteiger charge is 2.23. The molecule has 4 aliphatic rings. The summed E-state index contributed by atoms with van der Waals surface area (Å²) in [5.74, 6) is 1.19. The number of pyridine rings is 2. The molecule has 0 radical (unpaired) electrons. The van der Waals surface area contributed by atoms with E-state index in [9.17, 15) is 0 Å². The monoisotopic (exact) mass is 950 g/mol. The van der Waals surface area contributed by atoms with Gasteiger partial charge in [0.25, 0.3) is 0 Å². The lowest BCUT2D eigenvalue weighted by Gasteiger charge is -2.21. The van der Waals surface area contributed by atoms with Crippen LogP contribution in [-0.4, -0.2) is 19.9 Å². The van der Waals surface area contributed by atoms with Gasteiger partial charge in [-0.25, -0.2) is 15.0 Å². The number of nitrogens with zero attached hydrogens (tertiary/aromatic N) is 4. The zero-order valence-electron chi connectivity index (χ0n) is 41.4. The number of hydrogen-bond donors (Lipinski definition) is 0. The number of para-hydroxylation sites is 2. The first-order chi connectivity index (χ1) is 36.6. The fraction of sp³-hybridized carbons (Fsp3) is 0.143. The van der Waals surface area contributed by atoms with E-state index in [1.54, 1.807) is 0 Å². The fourth-order valence-electron chi connectivity index (χ4n) is 12.0. The van der Waals surface area contributed by atoms with Crippen molar-refractivity contribution in [1.29, 1.82) is 0 Å². The van der Waals surface area contributed by atoms with Crippen molar-refractivity contribution in [3.63, 3.8) is 0 Å². The molecule has 0 amide bonds. The zero-order chi connectivity index (χ0) is 49.0. The topological polar surface area (TPSA) is 51.6 Å². The van der Waals surface area contributed by atoms with Crippen LogP contribution in [0.4, 0.5) is 0 Å². The molecule has 3 heterocycles. The van der Waals surface area contributed by atoms with Crippen LogP contribution in [0.1, 0.15) is 89.6 Å². The molecule has 0 aliphatic heterocycles. The summed E-state index contributed by atoms with van der Waals surface area (Å²) in [6, 6.07) is 59.9.